The molecule has 31 heavy (non-hydrogen) atoms. The Labute approximate surface area is 191 Å². The lowest BCUT2D eigenvalue weighted by Crippen LogP contribution is -2.47. The van der Waals surface area contributed by atoms with Gasteiger partial charge in [-0.3, -0.25) is 14.5 Å². The summed E-state index contributed by atoms with van der Waals surface area (Å²) in [4.78, 5) is 29.5. The van der Waals surface area contributed by atoms with Gasteiger partial charge in [0, 0.05) is 44.0 Å². The monoisotopic (exact) mass is 446 g/mol. The maximum atomic E-state index is 12.7. The van der Waals surface area contributed by atoms with Gasteiger partial charge in [0.05, 0.1) is 7.11 Å². The number of benzene rings is 1. The van der Waals surface area contributed by atoms with Gasteiger partial charge < -0.3 is 9.64 Å². The Hall–Kier alpha value is -1.59. The summed E-state index contributed by atoms with van der Waals surface area (Å²) in [5, 5.41) is 0. The number of methoxy groups -OCH3 is 1. The Balaban J connectivity index is 0.00000231. The van der Waals surface area contributed by atoms with Crippen molar-refractivity contribution in [3.8, 4) is 5.75 Å². The molecular formula is C25H35ClN2O3. The van der Waals surface area contributed by atoms with E-state index in [0.29, 0.717) is 31.2 Å². The van der Waals surface area contributed by atoms with Crippen LogP contribution in [0.5, 0.6) is 5.75 Å². The summed E-state index contributed by atoms with van der Waals surface area (Å²) < 4.78 is 5.68. The summed E-state index contributed by atoms with van der Waals surface area (Å²) in [7, 11) is 1.77. The summed E-state index contributed by atoms with van der Waals surface area (Å²) >= 11 is 0. The number of carbonyl (C=O) groups excluding carboxylic acids is 2. The number of halogens is 1. The van der Waals surface area contributed by atoms with E-state index >= 15 is 0 Å². The van der Waals surface area contributed by atoms with Crippen LogP contribution in [0.15, 0.2) is 18.2 Å². The molecule has 5 nitrogen and oxygen atoms in total. The van der Waals surface area contributed by atoms with Gasteiger partial charge in [0.15, 0.2) is 0 Å². The standard InChI is InChI=1S/C25H34N2O3.ClH/c1-30-21-7-4-6-18-8-9-19-16-26(17-20(19)24(18)21)12-5-13-27-22(28)14-25(15-23(27)29)10-2-3-11-25;/h4,6-7,19-20H,2-3,5,8-17H2,1H3;1H/t19-,20+;/m0./s1. The van der Waals surface area contributed by atoms with Crippen LogP contribution in [-0.4, -0.2) is 54.9 Å². The van der Waals surface area contributed by atoms with Crippen molar-refractivity contribution in [3.63, 3.8) is 0 Å². The van der Waals surface area contributed by atoms with Gasteiger partial charge in [-0.25, -0.2) is 0 Å². The minimum absolute atomic E-state index is 0. The minimum Gasteiger partial charge on any atom is -0.496 e. The first-order valence-corrected chi connectivity index (χ1v) is 11.8. The first kappa shape index (κ1) is 22.6. The zero-order chi connectivity index (χ0) is 20.7. The smallest absolute Gasteiger partial charge is 0.229 e. The highest BCUT2D eigenvalue weighted by Crippen LogP contribution is 2.47. The third-order valence-corrected chi connectivity index (χ3v) is 8.22. The molecule has 6 heteroatoms. The molecule has 2 aliphatic heterocycles. The van der Waals surface area contributed by atoms with E-state index in [9.17, 15) is 9.59 Å². The third kappa shape index (κ3) is 4.23. The SMILES string of the molecule is COc1cccc2c1[C@@H]1CN(CCCN3C(=O)CC4(CCCC4)CC3=O)C[C@@H]1CC2.Cl. The van der Waals surface area contributed by atoms with Crippen molar-refractivity contribution in [2.24, 2.45) is 11.3 Å². The van der Waals surface area contributed by atoms with Crippen molar-refractivity contribution in [3.05, 3.63) is 29.3 Å². The molecule has 2 amide bonds. The number of aryl methyl sites for hydroxylation is 1. The van der Waals surface area contributed by atoms with Crippen LogP contribution >= 0.6 is 12.4 Å². The zero-order valence-corrected chi connectivity index (χ0v) is 19.4. The summed E-state index contributed by atoms with van der Waals surface area (Å²) in [6.45, 7) is 3.72. The van der Waals surface area contributed by atoms with E-state index in [2.05, 4.69) is 23.1 Å². The second kappa shape index (κ2) is 9.11. The molecule has 1 aromatic carbocycles. The molecule has 2 atom stereocenters. The van der Waals surface area contributed by atoms with Gasteiger partial charge >= 0.3 is 0 Å². The van der Waals surface area contributed by atoms with Crippen LogP contribution in [0.1, 0.15) is 68.4 Å². The van der Waals surface area contributed by atoms with Crippen molar-refractivity contribution in [1.82, 2.24) is 9.80 Å². The van der Waals surface area contributed by atoms with E-state index in [1.165, 1.54) is 30.4 Å². The van der Waals surface area contributed by atoms with Crippen LogP contribution in [0.4, 0.5) is 0 Å². The Morgan fingerprint density at radius 2 is 1.81 bits per heavy atom. The number of hydrogen-bond donors (Lipinski definition) is 0. The fourth-order valence-electron chi connectivity index (χ4n) is 6.72. The molecule has 2 saturated heterocycles. The van der Waals surface area contributed by atoms with E-state index in [4.69, 9.17) is 4.74 Å². The predicted molar refractivity (Wildman–Crippen MR) is 123 cm³/mol. The molecule has 2 aliphatic carbocycles. The van der Waals surface area contributed by atoms with Crippen molar-refractivity contribution < 1.29 is 14.3 Å². The van der Waals surface area contributed by atoms with E-state index in [0.717, 1.165) is 51.1 Å². The summed E-state index contributed by atoms with van der Waals surface area (Å²) in [5.41, 5.74) is 2.87. The molecule has 1 aromatic rings. The zero-order valence-electron chi connectivity index (χ0n) is 18.6. The number of amides is 2. The molecule has 0 N–H and O–H groups in total. The number of imide groups is 1. The number of piperidine rings is 1. The normalized spacial score (nSPS) is 27.2. The lowest BCUT2D eigenvalue weighted by atomic mass is 9.76. The van der Waals surface area contributed by atoms with Crippen LogP contribution in [-0.2, 0) is 16.0 Å². The maximum absolute atomic E-state index is 12.7. The highest BCUT2D eigenvalue weighted by molar-refractivity contribution is 5.98. The molecule has 0 bridgehead atoms. The topological polar surface area (TPSA) is 49.9 Å². The van der Waals surface area contributed by atoms with Crippen molar-refractivity contribution in [2.45, 2.75) is 63.7 Å². The molecule has 4 aliphatic rings. The van der Waals surface area contributed by atoms with Gasteiger partial charge in [-0.1, -0.05) is 25.0 Å². The maximum Gasteiger partial charge on any atom is 0.229 e. The second-order valence-corrected chi connectivity index (χ2v) is 10.1. The van der Waals surface area contributed by atoms with Crippen LogP contribution < -0.4 is 4.74 Å². The highest BCUT2D eigenvalue weighted by Gasteiger charge is 2.45. The molecule has 2 heterocycles. The summed E-state index contributed by atoms with van der Waals surface area (Å²) in [5.74, 6) is 2.41. The average molecular weight is 447 g/mol. The minimum atomic E-state index is 0. The van der Waals surface area contributed by atoms with Crippen molar-refractivity contribution in [1.29, 1.82) is 0 Å². The molecule has 0 unspecified atom stereocenters. The number of hydrogen-bond acceptors (Lipinski definition) is 4. The first-order valence-electron chi connectivity index (χ1n) is 11.8. The van der Waals surface area contributed by atoms with Crippen LogP contribution in [0.3, 0.4) is 0 Å². The number of ether oxygens (including phenoxy) is 1. The van der Waals surface area contributed by atoms with E-state index in [1.54, 1.807) is 12.0 Å². The van der Waals surface area contributed by atoms with Crippen molar-refractivity contribution >= 4 is 24.2 Å². The van der Waals surface area contributed by atoms with Gasteiger partial charge in [-0.2, -0.15) is 0 Å². The Morgan fingerprint density at radius 3 is 2.52 bits per heavy atom. The van der Waals surface area contributed by atoms with Crippen LogP contribution in [0.25, 0.3) is 0 Å². The Kier molecular flexibility index (Phi) is 6.64. The molecule has 0 aromatic heterocycles. The van der Waals surface area contributed by atoms with E-state index in [-0.39, 0.29) is 29.6 Å². The Bertz CT molecular complexity index is 802. The van der Waals surface area contributed by atoms with Gasteiger partial charge in [-0.05, 0) is 61.6 Å². The van der Waals surface area contributed by atoms with E-state index in [1.807, 2.05) is 0 Å². The highest BCUT2D eigenvalue weighted by atomic mass is 35.5. The molecule has 5 rings (SSSR count). The molecule has 0 radical (unpaired) electrons. The fourth-order valence-corrected chi connectivity index (χ4v) is 6.72. The molecule has 1 spiro atoms. The fraction of sp³-hybridized carbons (Fsp3) is 0.680. The lowest BCUT2D eigenvalue weighted by molar-refractivity contribution is -0.153. The number of rotatable bonds is 5. The van der Waals surface area contributed by atoms with Gasteiger partial charge in [0.1, 0.15) is 5.75 Å². The third-order valence-electron chi connectivity index (χ3n) is 8.22. The van der Waals surface area contributed by atoms with Gasteiger partial charge in [0.2, 0.25) is 11.8 Å². The number of likely N-dealkylation sites (tertiary alicyclic amines) is 2. The van der Waals surface area contributed by atoms with Crippen molar-refractivity contribution in [2.75, 3.05) is 33.3 Å². The first-order chi connectivity index (χ1) is 14.6. The number of carbonyl (C=O) groups is 2. The lowest BCUT2D eigenvalue weighted by Gasteiger charge is -2.37. The van der Waals surface area contributed by atoms with Gasteiger partial charge in [-0.15, -0.1) is 12.4 Å². The largest absolute Gasteiger partial charge is 0.496 e. The molecule has 1 saturated carbocycles. The predicted octanol–water partition coefficient (Wildman–Crippen LogP) is 4.18. The quantitative estimate of drug-likeness (QED) is 0.636. The van der Waals surface area contributed by atoms with Gasteiger partial charge in [0.25, 0.3) is 0 Å². The molecule has 170 valence electrons. The summed E-state index contributed by atoms with van der Waals surface area (Å²) in [6, 6.07) is 6.45. The average Bonchev–Trinajstić information content (AvgIpc) is 3.36. The number of nitrogens with zero attached hydrogens (tertiary/aromatic N) is 2. The van der Waals surface area contributed by atoms with Crippen LogP contribution in [0.2, 0.25) is 0 Å². The van der Waals surface area contributed by atoms with E-state index < -0.39 is 0 Å². The molecule has 3 fully saturated rings. The molecular weight excluding hydrogens is 412 g/mol. The Morgan fingerprint density at radius 1 is 1.06 bits per heavy atom. The summed E-state index contributed by atoms with van der Waals surface area (Å²) in [6.07, 6.45) is 8.89. The second-order valence-electron chi connectivity index (χ2n) is 10.1. The number of fused-ring (bicyclic) bond motifs is 3. The van der Waals surface area contributed by atoms with Crippen LogP contribution in [0, 0.1) is 11.3 Å².